The van der Waals surface area contributed by atoms with Gasteiger partial charge in [-0.2, -0.15) is 13.2 Å². The molecule has 3 aromatic carbocycles. The Morgan fingerprint density at radius 3 is 1.94 bits per heavy atom. The Morgan fingerprint density at radius 2 is 1.36 bits per heavy atom. The highest BCUT2D eigenvalue weighted by Gasteiger charge is 2.56. The minimum atomic E-state index is -4.47. The normalized spacial score (nSPS) is 13.8. The Bertz CT molecular complexity index is 1530. The summed E-state index contributed by atoms with van der Waals surface area (Å²) in [5, 5.41) is 2.78. The first-order valence-electron chi connectivity index (χ1n) is 15.7. The fourth-order valence-electron chi connectivity index (χ4n) is 5.86. The van der Waals surface area contributed by atoms with Crippen LogP contribution in [0, 0.1) is 11.3 Å². The number of ether oxygens (including phenoxy) is 3. The summed E-state index contributed by atoms with van der Waals surface area (Å²) in [6.45, 7) is 2.92. The third-order valence-electron chi connectivity index (χ3n) is 8.30. The van der Waals surface area contributed by atoms with Crippen LogP contribution in [0.3, 0.4) is 0 Å². The number of hydrogen-bond acceptors (Lipinski definition) is 7. The van der Waals surface area contributed by atoms with E-state index in [-0.39, 0.29) is 31.1 Å². The fraction of sp³-hybridized carbons (Fsp3) is 0.389. The van der Waals surface area contributed by atoms with Gasteiger partial charge < -0.3 is 19.5 Å². The lowest BCUT2D eigenvalue weighted by Gasteiger charge is -2.37. The number of rotatable bonds is 12. The van der Waals surface area contributed by atoms with Crippen molar-refractivity contribution in [3.8, 4) is 11.1 Å². The number of benzene rings is 3. The molecule has 11 heteroatoms. The number of carbonyl (C=O) groups is 4. The summed E-state index contributed by atoms with van der Waals surface area (Å²) in [6, 6.07) is 17.6. The summed E-state index contributed by atoms with van der Waals surface area (Å²) in [5.41, 5.74) is -0.348. The average molecular weight is 654 g/mol. The van der Waals surface area contributed by atoms with Crippen LogP contribution in [0.2, 0.25) is 0 Å². The van der Waals surface area contributed by atoms with Crippen molar-refractivity contribution < 1.29 is 46.6 Å². The van der Waals surface area contributed by atoms with E-state index < -0.39 is 47.6 Å². The molecule has 1 saturated carbocycles. The molecule has 1 amide bonds. The van der Waals surface area contributed by atoms with Gasteiger partial charge in [-0.1, -0.05) is 61.7 Å². The standard InChI is InChI=1S/C36H38F3NO7/c1-3-45-33(43)35(34(44)46-4-2,26-10-6-5-7-11-26)23-47-31(41)22-24-14-20-28(21-15-24)40-32(42)30-13-9-8-12-29(30)25-16-18-27(19-17-25)36(37,38)39/h8-9,12-21,26H,3-7,10-11,22-23H2,1-2H3,(H,40,42). The minimum absolute atomic E-state index is 0.0597. The summed E-state index contributed by atoms with van der Waals surface area (Å²) in [4.78, 5) is 52.6. The molecule has 47 heavy (non-hydrogen) atoms. The molecule has 0 heterocycles. The number of anilines is 1. The van der Waals surface area contributed by atoms with E-state index in [9.17, 15) is 32.3 Å². The number of hydrogen-bond donors (Lipinski definition) is 1. The lowest BCUT2D eigenvalue weighted by molar-refractivity contribution is -0.185. The molecule has 1 aliphatic carbocycles. The van der Waals surface area contributed by atoms with Gasteiger partial charge in [0, 0.05) is 11.3 Å². The van der Waals surface area contributed by atoms with Gasteiger partial charge in [0.25, 0.3) is 5.91 Å². The zero-order valence-corrected chi connectivity index (χ0v) is 26.4. The van der Waals surface area contributed by atoms with Crippen molar-refractivity contribution in [2.75, 3.05) is 25.1 Å². The maximum Gasteiger partial charge on any atom is 0.416 e. The molecule has 0 saturated heterocycles. The molecule has 0 aromatic heterocycles. The molecule has 0 spiro atoms. The molecule has 0 unspecified atom stereocenters. The van der Waals surface area contributed by atoms with Crippen LogP contribution in [-0.4, -0.2) is 43.6 Å². The van der Waals surface area contributed by atoms with E-state index in [1.165, 1.54) is 12.1 Å². The van der Waals surface area contributed by atoms with Gasteiger partial charge in [-0.3, -0.25) is 19.2 Å². The van der Waals surface area contributed by atoms with Crippen LogP contribution in [0.4, 0.5) is 18.9 Å². The van der Waals surface area contributed by atoms with E-state index in [0.29, 0.717) is 35.2 Å². The quantitative estimate of drug-likeness (QED) is 0.123. The van der Waals surface area contributed by atoms with Crippen molar-refractivity contribution in [2.24, 2.45) is 11.3 Å². The second-order valence-electron chi connectivity index (χ2n) is 11.4. The number of alkyl halides is 3. The van der Waals surface area contributed by atoms with Gasteiger partial charge in [-0.05, 0) is 79.6 Å². The summed E-state index contributed by atoms with van der Waals surface area (Å²) in [6.07, 6.45) is -0.750. The molecule has 1 aliphatic rings. The molecule has 1 fully saturated rings. The predicted molar refractivity (Wildman–Crippen MR) is 168 cm³/mol. The first-order valence-corrected chi connectivity index (χ1v) is 15.7. The van der Waals surface area contributed by atoms with Crippen LogP contribution >= 0.6 is 0 Å². The molecular formula is C36H38F3NO7. The molecule has 1 N–H and O–H groups in total. The summed E-state index contributed by atoms with van der Waals surface area (Å²) < 4.78 is 55.2. The first-order chi connectivity index (χ1) is 22.5. The van der Waals surface area contributed by atoms with E-state index in [4.69, 9.17) is 14.2 Å². The second-order valence-corrected chi connectivity index (χ2v) is 11.4. The number of nitrogens with one attached hydrogen (secondary N) is 1. The Balaban J connectivity index is 1.43. The summed E-state index contributed by atoms with van der Waals surface area (Å²) in [7, 11) is 0. The fourth-order valence-corrected chi connectivity index (χ4v) is 5.86. The van der Waals surface area contributed by atoms with Gasteiger partial charge in [-0.15, -0.1) is 0 Å². The van der Waals surface area contributed by atoms with Gasteiger partial charge in [0.15, 0.2) is 0 Å². The Morgan fingerprint density at radius 1 is 0.766 bits per heavy atom. The van der Waals surface area contributed by atoms with Crippen molar-refractivity contribution in [1.29, 1.82) is 0 Å². The summed E-state index contributed by atoms with van der Waals surface area (Å²) >= 11 is 0. The van der Waals surface area contributed by atoms with Crippen LogP contribution in [-0.2, 0) is 41.2 Å². The monoisotopic (exact) mass is 653 g/mol. The van der Waals surface area contributed by atoms with Crippen molar-refractivity contribution >= 4 is 29.5 Å². The van der Waals surface area contributed by atoms with E-state index in [2.05, 4.69) is 5.32 Å². The minimum Gasteiger partial charge on any atom is -0.465 e. The van der Waals surface area contributed by atoms with E-state index in [1.54, 1.807) is 62.4 Å². The molecule has 0 atom stereocenters. The molecule has 4 rings (SSSR count). The van der Waals surface area contributed by atoms with Crippen molar-refractivity contribution in [1.82, 2.24) is 0 Å². The van der Waals surface area contributed by atoms with Crippen molar-refractivity contribution in [3.63, 3.8) is 0 Å². The highest BCUT2D eigenvalue weighted by atomic mass is 19.4. The third-order valence-corrected chi connectivity index (χ3v) is 8.30. The molecule has 250 valence electrons. The topological polar surface area (TPSA) is 108 Å². The molecule has 0 radical (unpaired) electrons. The third kappa shape index (κ3) is 8.58. The number of amides is 1. The lowest BCUT2D eigenvalue weighted by Crippen LogP contribution is -2.52. The average Bonchev–Trinajstić information content (AvgIpc) is 3.06. The van der Waals surface area contributed by atoms with Crippen molar-refractivity contribution in [3.05, 3.63) is 89.5 Å². The first kappa shape index (κ1) is 35.2. The van der Waals surface area contributed by atoms with Crippen LogP contribution < -0.4 is 5.32 Å². The molecule has 0 bridgehead atoms. The van der Waals surface area contributed by atoms with Gasteiger partial charge in [0.1, 0.15) is 6.61 Å². The van der Waals surface area contributed by atoms with Crippen LogP contribution in [0.5, 0.6) is 0 Å². The zero-order valence-electron chi connectivity index (χ0n) is 26.4. The number of esters is 3. The molecule has 0 aliphatic heterocycles. The van der Waals surface area contributed by atoms with Gasteiger partial charge >= 0.3 is 24.1 Å². The van der Waals surface area contributed by atoms with Gasteiger partial charge in [0.05, 0.1) is 25.2 Å². The number of carbonyl (C=O) groups excluding carboxylic acids is 4. The molecular weight excluding hydrogens is 615 g/mol. The summed E-state index contributed by atoms with van der Waals surface area (Å²) in [5.74, 6) is -3.00. The molecule has 3 aromatic rings. The zero-order chi connectivity index (χ0) is 34.0. The maximum absolute atomic E-state index is 13.2. The van der Waals surface area contributed by atoms with Crippen LogP contribution in [0.25, 0.3) is 11.1 Å². The molecule has 8 nitrogen and oxygen atoms in total. The Hall–Kier alpha value is -4.67. The van der Waals surface area contributed by atoms with Gasteiger partial charge in [-0.25, -0.2) is 0 Å². The largest absolute Gasteiger partial charge is 0.465 e. The Labute approximate surface area is 271 Å². The maximum atomic E-state index is 13.2. The number of halogens is 3. The van der Waals surface area contributed by atoms with Crippen LogP contribution in [0.1, 0.15) is 67.4 Å². The predicted octanol–water partition coefficient (Wildman–Crippen LogP) is 7.40. The Kier molecular flexibility index (Phi) is 11.8. The highest BCUT2D eigenvalue weighted by Crippen LogP contribution is 2.41. The van der Waals surface area contributed by atoms with Crippen molar-refractivity contribution in [2.45, 2.75) is 58.5 Å². The van der Waals surface area contributed by atoms with Gasteiger partial charge in [0.2, 0.25) is 5.41 Å². The highest BCUT2D eigenvalue weighted by molar-refractivity contribution is 6.08. The van der Waals surface area contributed by atoms with Crippen LogP contribution in [0.15, 0.2) is 72.8 Å². The van der Waals surface area contributed by atoms with E-state index in [0.717, 1.165) is 31.4 Å². The lowest BCUT2D eigenvalue weighted by atomic mass is 9.69. The van der Waals surface area contributed by atoms with E-state index in [1.807, 2.05) is 0 Å². The SMILES string of the molecule is CCOC(=O)C(COC(=O)Cc1ccc(NC(=O)c2ccccc2-c2ccc(C(F)(F)F)cc2)cc1)(C(=O)OCC)C1CCCCC1. The second kappa shape index (κ2) is 15.8. The van der Waals surface area contributed by atoms with E-state index >= 15 is 0 Å². The smallest absolute Gasteiger partial charge is 0.416 e.